The number of hydrogen-bond donors (Lipinski definition) is 1. The van der Waals surface area contributed by atoms with Crippen LogP contribution in [-0.2, 0) is 4.74 Å². The minimum Gasteiger partial charge on any atom is -0.507 e. The van der Waals surface area contributed by atoms with Crippen molar-refractivity contribution in [3.8, 4) is 5.75 Å². The average Bonchev–Trinajstić information content (AvgIpc) is 2.41. The lowest BCUT2D eigenvalue weighted by Gasteiger charge is -2.36. The van der Waals surface area contributed by atoms with Gasteiger partial charge in [0.05, 0.1) is 0 Å². The number of esters is 1. The number of benzene rings is 1. The maximum absolute atomic E-state index is 12.2. The topological polar surface area (TPSA) is 46.5 Å². The summed E-state index contributed by atoms with van der Waals surface area (Å²) >= 11 is 0. The van der Waals surface area contributed by atoms with Gasteiger partial charge in [0.1, 0.15) is 17.4 Å². The zero-order valence-electron chi connectivity index (χ0n) is 12.5. The van der Waals surface area contributed by atoms with Crippen LogP contribution in [0, 0.1) is 17.8 Å². The number of ether oxygens (including phenoxy) is 1. The van der Waals surface area contributed by atoms with Gasteiger partial charge in [-0.3, -0.25) is 0 Å². The third-order valence-electron chi connectivity index (χ3n) is 4.33. The number of carbonyl (C=O) groups excluding carboxylic acids is 1. The molecule has 110 valence electrons. The molecule has 3 nitrogen and oxygen atoms in total. The van der Waals surface area contributed by atoms with E-state index < -0.39 is 5.97 Å². The van der Waals surface area contributed by atoms with Crippen LogP contribution in [0.4, 0.5) is 0 Å². The first-order valence-electron chi connectivity index (χ1n) is 7.48. The first kappa shape index (κ1) is 14.9. The highest BCUT2D eigenvalue weighted by molar-refractivity contribution is 5.92. The highest BCUT2D eigenvalue weighted by Crippen LogP contribution is 2.36. The Labute approximate surface area is 121 Å². The van der Waals surface area contributed by atoms with Gasteiger partial charge in [-0.25, -0.2) is 4.79 Å². The van der Waals surface area contributed by atoms with Crippen molar-refractivity contribution in [2.75, 3.05) is 0 Å². The second kappa shape index (κ2) is 6.29. The summed E-state index contributed by atoms with van der Waals surface area (Å²) in [5.74, 6) is 1.19. The molecule has 0 spiro atoms. The van der Waals surface area contributed by atoms with E-state index >= 15 is 0 Å². The van der Waals surface area contributed by atoms with Crippen LogP contribution in [0.2, 0.25) is 0 Å². The third kappa shape index (κ3) is 3.33. The van der Waals surface area contributed by atoms with E-state index in [9.17, 15) is 9.90 Å². The Morgan fingerprint density at radius 3 is 2.65 bits per heavy atom. The van der Waals surface area contributed by atoms with Crippen molar-refractivity contribution in [3.05, 3.63) is 29.8 Å². The van der Waals surface area contributed by atoms with E-state index in [1.807, 2.05) is 0 Å². The summed E-state index contributed by atoms with van der Waals surface area (Å²) in [6.07, 6.45) is 3.10. The number of phenols is 1. The van der Waals surface area contributed by atoms with Gasteiger partial charge in [-0.05, 0) is 49.1 Å². The van der Waals surface area contributed by atoms with Crippen molar-refractivity contribution in [2.24, 2.45) is 17.8 Å². The monoisotopic (exact) mass is 276 g/mol. The highest BCUT2D eigenvalue weighted by Gasteiger charge is 2.33. The lowest BCUT2D eigenvalue weighted by atomic mass is 9.75. The smallest absolute Gasteiger partial charge is 0.342 e. The van der Waals surface area contributed by atoms with Crippen LogP contribution in [-0.4, -0.2) is 17.2 Å². The summed E-state index contributed by atoms with van der Waals surface area (Å²) in [6, 6.07) is 6.55. The van der Waals surface area contributed by atoms with Gasteiger partial charge in [0.15, 0.2) is 0 Å². The minimum absolute atomic E-state index is 0.0113. The molecule has 0 aromatic heterocycles. The molecule has 1 saturated carbocycles. The van der Waals surface area contributed by atoms with Crippen LogP contribution in [0.5, 0.6) is 5.75 Å². The van der Waals surface area contributed by atoms with Crippen LogP contribution >= 0.6 is 0 Å². The fourth-order valence-electron chi connectivity index (χ4n) is 3.09. The molecule has 1 N–H and O–H groups in total. The van der Waals surface area contributed by atoms with E-state index in [2.05, 4.69) is 20.8 Å². The van der Waals surface area contributed by atoms with Crippen LogP contribution < -0.4 is 0 Å². The number of phenolic OH excluding ortho intramolecular Hbond substituents is 1. The molecule has 2 unspecified atom stereocenters. The van der Waals surface area contributed by atoms with Crippen molar-refractivity contribution < 1.29 is 14.6 Å². The molecule has 0 heterocycles. The Hall–Kier alpha value is -1.51. The maximum atomic E-state index is 12.2. The average molecular weight is 276 g/mol. The van der Waals surface area contributed by atoms with Gasteiger partial charge in [0.2, 0.25) is 0 Å². The number of para-hydroxylation sites is 1. The molecule has 3 heteroatoms. The van der Waals surface area contributed by atoms with Crippen LogP contribution in [0.15, 0.2) is 24.3 Å². The zero-order valence-corrected chi connectivity index (χ0v) is 12.5. The second-order valence-corrected chi connectivity index (χ2v) is 6.29. The van der Waals surface area contributed by atoms with Crippen LogP contribution in [0.1, 0.15) is 50.4 Å². The van der Waals surface area contributed by atoms with Gasteiger partial charge in [0, 0.05) is 0 Å². The standard InChI is InChI=1S/C17H24O3/c1-11(2)14-10-12(3)8-9-16(14)20-17(19)13-6-4-5-7-15(13)18/h4-7,11-12,14,16,18H,8-10H2,1-3H3/t12-,14?,16?/m1/s1. The first-order chi connectivity index (χ1) is 9.49. The van der Waals surface area contributed by atoms with Gasteiger partial charge in [-0.2, -0.15) is 0 Å². The summed E-state index contributed by atoms with van der Waals surface area (Å²) in [6.45, 7) is 6.63. The molecule has 0 radical (unpaired) electrons. The Kier molecular flexibility index (Phi) is 4.69. The minimum atomic E-state index is -0.409. The van der Waals surface area contributed by atoms with E-state index in [0.29, 0.717) is 17.8 Å². The summed E-state index contributed by atoms with van der Waals surface area (Å²) in [5, 5.41) is 9.73. The molecule has 0 amide bonds. The van der Waals surface area contributed by atoms with Crippen LogP contribution in [0.3, 0.4) is 0 Å². The van der Waals surface area contributed by atoms with Crippen molar-refractivity contribution >= 4 is 5.97 Å². The SMILES string of the molecule is CC(C)C1C[C@H](C)CCC1OC(=O)c1ccccc1O. The third-order valence-corrected chi connectivity index (χ3v) is 4.33. The molecular weight excluding hydrogens is 252 g/mol. The van der Waals surface area contributed by atoms with Crippen molar-refractivity contribution in [3.63, 3.8) is 0 Å². The van der Waals surface area contributed by atoms with E-state index in [0.717, 1.165) is 19.3 Å². The molecule has 2 rings (SSSR count). The molecular formula is C17H24O3. The largest absolute Gasteiger partial charge is 0.507 e. The van der Waals surface area contributed by atoms with Gasteiger partial charge in [0.25, 0.3) is 0 Å². The number of aromatic hydroxyl groups is 1. The van der Waals surface area contributed by atoms with Gasteiger partial charge >= 0.3 is 5.97 Å². The van der Waals surface area contributed by atoms with Gasteiger partial charge < -0.3 is 9.84 Å². The van der Waals surface area contributed by atoms with E-state index in [4.69, 9.17) is 4.74 Å². The Bertz CT molecular complexity index is 467. The molecule has 1 aromatic rings. The Morgan fingerprint density at radius 2 is 2.00 bits per heavy atom. The summed E-state index contributed by atoms with van der Waals surface area (Å²) in [5.41, 5.74) is 0.258. The fourth-order valence-corrected chi connectivity index (χ4v) is 3.09. The zero-order chi connectivity index (χ0) is 14.7. The number of rotatable bonds is 3. The molecule has 3 atom stereocenters. The van der Waals surface area contributed by atoms with E-state index in [1.54, 1.807) is 18.2 Å². The normalized spacial score (nSPS) is 26.5. The summed E-state index contributed by atoms with van der Waals surface area (Å²) in [4.78, 5) is 12.2. The van der Waals surface area contributed by atoms with Crippen molar-refractivity contribution in [1.29, 1.82) is 0 Å². The lowest BCUT2D eigenvalue weighted by Crippen LogP contribution is -2.35. The number of hydrogen-bond acceptors (Lipinski definition) is 3. The van der Waals surface area contributed by atoms with E-state index in [-0.39, 0.29) is 17.4 Å². The molecule has 1 aliphatic carbocycles. The second-order valence-electron chi connectivity index (χ2n) is 6.29. The quantitative estimate of drug-likeness (QED) is 0.848. The molecule has 1 fully saturated rings. The molecule has 20 heavy (non-hydrogen) atoms. The van der Waals surface area contributed by atoms with E-state index in [1.165, 1.54) is 6.07 Å². The number of carbonyl (C=O) groups is 1. The molecule has 0 bridgehead atoms. The van der Waals surface area contributed by atoms with Crippen molar-refractivity contribution in [1.82, 2.24) is 0 Å². The first-order valence-corrected chi connectivity index (χ1v) is 7.48. The molecule has 1 aliphatic rings. The van der Waals surface area contributed by atoms with Crippen molar-refractivity contribution in [2.45, 2.75) is 46.1 Å². The summed E-state index contributed by atoms with van der Waals surface area (Å²) in [7, 11) is 0. The molecule has 1 aromatic carbocycles. The predicted molar refractivity (Wildman–Crippen MR) is 78.7 cm³/mol. The molecule has 0 saturated heterocycles. The Balaban J connectivity index is 2.08. The predicted octanol–water partition coefficient (Wildman–Crippen LogP) is 4.01. The van der Waals surface area contributed by atoms with Gasteiger partial charge in [-0.1, -0.05) is 32.9 Å². The Morgan fingerprint density at radius 1 is 1.30 bits per heavy atom. The fraction of sp³-hybridized carbons (Fsp3) is 0.588. The highest BCUT2D eigenvalue weighted by atomic mass is 16.5. The summed E-state index contributed by atoms with van der Waals surface area (Å²) < 4.78 is 5.68. The van der Waals surface area contributed by atoms with Gasteiger partial charge in [-0.15, -0.1) is 0 Å². The molecule has 0 aliphatic heterocycles. The maximum Gasteiger partial charge on any atom is 0.342 e. The van der Waals surface area contributed by atoms with Crippen LogP contribution in [0.25, 0.3) is 0 Å². The lowest BCUT2D eigenvalue weighted by molar-refractivity contribution is -0.0163.